The number of anilines is 2. The molecule has 232 valence electrons. The molecule has 2 saturated heterocycles. The summed E-state index contributed by atoms with van der Waals surface area (Å²) >= 11 is 6.56. The van der Waals surface area contributed by atoms with Crippen LogP contribution in [0.25, 0.3) is 11.1 Å². The highest BCUT2D eigenvalue weighted by atomic mass is 35.5. The van der Waals surface area contributed by atoms with Crippen LogP contribution < -0.4 is 15.5 Å². The first-order chi connectivity index (χ1) is 21.4. The maximum Gasteiger partial charge on any atom is 0.255 e. The van der Waals surface area contributed by atoms with E-state index < -0.39 is 6.04 Å². The molecule has 3 aromatic rings. The van der Waals surface area contributed by atoms with Crippen LogP contribution >= 0.6 is 11.6 Å². The second-order valence-corrected chi connectivity index (χ2v) is 12.3. The number of pyridine rings is 2. The van der Waals surface area contributed by atoms with Crippen molar-refractivity contribution in [2.75, 3.05) is 63.2 Å². The topological polar surface area (TPSA) is 103 Å². The zero-order valence-corrected chi connectivity index (χ0v) is 26.1. The van der Waals surface area contributed by atoms with Crippen molar-refractivity contribution < 1.29 is 14.3 Å². The van der Waals surface area contributed by atoms with Crippen LogP contribution in [-0.2, 0) is 22.5 Å². The molecule has 1 atom stereocenters. The van der Waals surface area contributed by atoms with E-state index in [0.29, 0.717) is 36.1 Å². The van der Waals surface area contributed by atoms with Gasteiger partial charge in [0, 0.05) is 88.0 Å². The molecule has 0 saturated carbocycles. The van der Waals surface area contributed by atoms with Crippen LogP contribution in [0.1, 0.15) is 41.4 Å². The minimum atomic E-state index is -0.609. The third kappa shape index (κ3) is 6.82. The van der Waals surface area contributed by atoms with Gasteiger partial charge < -0.3 is 30.1 Å². The first-order valence-electron chi connectivity index (χ1n) is 15.5. The average Bonchev–Trinajstić information content (AvgIpc) is 3.38. The van der Waals surface area contributed by atoms with E-state index in [0.717, 1.165) is 86.3 Å². The van der Waals surface area contributed by atoms with Crippen molar-refractivity contribution in [3.8, 4) is 11.1 Å². The lowest BCUT2D eigenvalue weighted by Gasteiger charge is -2.33. The predicted octanol–water partition coefficient (Wildman–Crippen LogP) is 3.84. The number of nitrogens with one attached hydrogen (secondary N) is 2. The molecule has 10 nitrogen and oxygen atoms in total. The van der Waals surface area contributed by atoms with Gasteiger partial charge in [-0.1, -0.05) is 29.8 Å². The molecule has 0 aliphatic carbocycles. The number of nitrogens with zero attached hydrogens (tertiary/aromatic N) is 5. The van der Waals surface area contributed by atoms with Crippen molar-refractivity contribution in [3.63, 3.8) is 0 Å². The van der Waals surface area contributed by atoms with Gasteiger partial charge in [-0.3, -0.25) is 9.59 Å². The Morgan fingerprint density at radius 2 is 1.89 bits per heavy atom. The van der Waals surface area contributed by atoms with E-state index in [2.05, 4.69) is 32.5 Å². The summed E-state index contributed by atoms with van der Waals surface area (Å²) in [6.45, 7) is 8.05. The molecule has 0 bridgehead atoms. The number of aromatic nitrogens is 2. The van der Waals surface area contributed by atoms with Gasteiger partial charge in [0.25, 0.3) is 5.91 Å². The molecule has 6 rings (SSSR count). The molecule has 2 fully saturated rings. The van der Waals surface area contributed by atoms with Gasteiger partial charge >= 0.3 is 0 Å². The molecular formula is C33H40ClN7O3. The van der Waals surface area contributed by atoms with Gasteiger partial charge in [-0.05, 0) is 62.2 Å². The van der Waals surface area contributed by atoms with E-state index >= 15 is 0 Å². The maximum atomic E-state index is 13.5. The van der Waals surface area contributed by atoms with Gasteiger partial charge in [-0.2, -0.15) is 0 Å². The van der Waals surface area contributed by atoms with Gasteiger partial charge in [-0.25, -0.2) is 9.97 Å². The molecule has 44 heavy (non-hydrogen) atoms. The Morgan fingerprint density at radius 1 is 1.09 bits per heavy atom. The summed E-state index contributed by atoms with van der Waals surface area (Å²) < 4.78 is 5.46. The van der Waals surface area contributed by atoms with Crippen molar-refractivity contribution in [1.29, 1.82) is 0 Å². The van der Waals surface area contributed by atoms with E-state index in [1.165, 1.54) is 0 Å². The lowest BCUT2D eigenvalue weighted by molar-refractivity contribution is -0.125. The molecule has 0 unspecified atom stereocenters. The Balaban J connectivity index is 1.06. The van der Waals surface area contributed by atoms with E-state index in [9.17, 15) is 9.59 Å². The van der Waals surface area contributed by atoms with Crippen LogP contribution in [0.3, 0.4) is 0 Å². The van der Waals surface area contributed by atoms with Gasteiger partial charge in [0.05, 0.1) is 5.02 Å². The second kappa shape index (κ2) is 13.5. The number of benzene rings is 1. The third-order valence-corrected chi connectivity index (χ3v) is 9.13. The zero-order valence-electron chi connectivity index (χ0n) is 25.4. The molecule has 11 heteroatoms. The van der Waals surface area contributed by atoms with Crippen LogP contribution in [-0.4, -0.2) is 96.7 Å². The molecule has 0 radical (unpaired) electrons. The Labute approximate surface area is 263 Å². The number of hydrogen-bond acceptors (Lipinski definition) is 8. The molecule has 3 aliphatic heterocycles. The van der Waals surface area contributed by atoms with E-state index in [4.69, 9.17) is 21.3 Å². The molecule has 3 aliphatic rings. The van der Waals surface area contributed by atoms with Crippen LogP contribution in [0.5, 0.6) is 0 Å². The minimum absolute atomic E-state index is 0.156. The smallest absolute Gasteiger partial charge is 0.255 e. The zero-order chi connectivity index (χ0) is 30.6. The van der Waals surface area contributed by atoms with Gasteiger partial charge in [0.2, 0.25) is 5.91 Å². The average molecular weight is 618 g/mol. The molecule has 0 spiro atoms. The highest BCUT2D eigenvalue weighted by molar-refractivity contribution is 6.33. The first kappa shape index (κ1) is 30.3. The molecular weight excluding hydrogens is 578 g/mol. The third-order valence-electron chi connectivity index (χ3n) is 8.83. The molecule has 2 amide bonds. The van der Waals surface area contributed by atoms with Crippen LogP contribution in [0.15, 0.2) is 48.7 Å². The Morgan fingerprint density at radius 3 is 2.68 bits per heavy atom. The number of amides is 2. The SMILES string of the molecule is C[C@H](C(=O)NCCc1cccc(N2CCN(C)CC2)n1)N1Cc2ccc(-c3cc(NC4CCOCC4)ncc3Cl)cc2C1=O. The second-order valence-electron chi connectivity index (χ2n) is 11.9. The fraction of sp³-hybridized carbons (Fsp3) is 0.455. The number of rotatable bonds is 9. The monoisotopic (exact) mass is 617 g/mol. The molecule has 2 aromatic heterocycles. The van der Waals surface area contributed by atoms with E-state index in [1.54, 1.807) is 18.0 Å². The fourth-order valence-corrected chi connectivity index (χ4v) is 6.23. The van der Waals surface area contributed by atoms with E-state index in [-0.39, 0.29) is 11.8 Å². The predicted molar refractivity (Wildman–Crippen MR) is 172 cm³/mol. The summed E-state index contributed by atoms with van der Waals surface area (Å²) in [4.78, 5) is 42.2. The van der Waals surface area contributed by atoms with Gasteiger partial charge in [0.15, 0.2) is 0 Å². The van der Waals surface area contributed by atoms with Crippen LogP contribution in [0.4, 0.5) is 11.6 Å². The standard InChI is InChI=1S/C33H40ClN7O3/c1-22(32(42)35-11-8-25-4-3-5-31(38-25)40-14-12-39(2)13-15-40)41-21-24-7-6-23(18-28(24)33(41)43)27-19-30(36-20-29(27)34)37-26-9-16-44-17-10-26/h3-7,18-20,22,26H,8-17,21H2,1-2H3,(H,35,42)(H,36,37)/t22-/m1/s1. The van der Waals surface area contributed by atoms with Crippen molar-refractivity contribution in [1.82, 2.24) is 25.1 Å². The highest BCUT2D eigenvalue weighted by Gasteiger charge is 2.34. The summed E-state index contributed by atoms with van der Waals surface area (Å²) in [6, 6.07) is 13.5. The molecule has 5 heterocycles. The summed E-state index contributed by atoms with van der Waals surface area (Å²) in [5, 5.41) is 7.01. The van der Waals surface area contributed by atoms with Crippen molar-refractivity contribution in [3.05, 3.63) is 70.5 Å². The summed E-state index contributed by atoms with van der Waals surface area (Å²) in [6.07, 6.45) is 4.12. The number of ether oxygens (including phenoxy) is 1. The number of hydrogen-bond donors (Lipinski definition) is 2. The number of likely N-dealkylation sites (N-methyl/N-ethyl adjacent to an activating group) is 1. The Bertz CT molecular complexity index is 1500. The van der Waals surface area contributed by atoms with Crippen molar-refractivity contribution >= 4 is 35.1 Å². The van der Waals surface area contributed by atoms with Crippen molar-refractivity contribution in [2.24, 2.45) is 0 Å². The normalized spacial score (nSPS) is 18.3. The Kier molecular flexibility index (Phi) is 9.30. The number of carbonyl (C=O) groups excluding carboxylic acids is 2. The van der Waals surface area contributed by atoms with Gasteiger partial charge in [-0.15, -0.1) is 0 Å². The Hall–Kier alpha value is -3.73. The minimum Gasteiger partial charge on any atom is -0.381 e. The van der Waals surface area contributed by atoms with Crippen LogP contribution in [0, 0.1) is 0 Å². The summed E-state index contributed by atoms with van der Waals surface area (Å²) in [5.74, 6) is 1.39. The molecule has 1 aromatic carbocycles. The number of fused-ring (bicyclic) bond motifs is 1. The number of carbonyl (C=O) groups is 2. The quantitative estimate of drug-likeness (QED) is 0.373. The maximum absolute atomic E-state index is 13.5. The summed E-state index contributed by atoms with van der Waals surface area (Å²) in [7, 11) is 2.14. The lowest BCUT2D eigenvalue weighted by Crippen LogP contribution is -2.45. The van der Waals surface area contributed by atoms with Crippen molar-refractivity contribution in [2.45, 2.75) is 44.8 Å². The largest absolute Gasteiger partial charge is 0.381 e. The lowest BCUT2D eigenvalue weighted by atomic mass is 10.0. The first-order valence-corrected chi connectivity index (χ1v) is 15.8. The number of piperazine rings is 1. The molecule has 2 N–H and O–H groups in total. The van der Waals surface area contributed by atoms with Crippen LogP contribution in [0.2, 0.25) is 5.02 Å². The highest BCUT2D eigenvalue weighted by Crippen LogP contribution is 2.34. The number of halogens is 1. The fourth-order valence-electron chi connectivity index (χ4n) is 6.01. The van der Waals surface area contributed by atoms with Gasteiger partial charge in [0.1, 0.15) is 17.7 Å². The summed E-state index contributed by atoms with van der Waals surface area (Å²) in [5.41, 5.74) is 4.08. The van der Waals surface area contributed by atoms with E-state index in [1.807, 2.05) is 42.5 Å².